The van der Waals surface area contributed by atoms with E-state index in [-0.39, 0.29) is 30.3 Å². The number of likely N-dealkylation sites (tertiary alicyclic amines) is 1. The molecule has 148 valence electrons. The number of rotatable bonds is 4. The van der Waals surface area contributed by atoms with Crippen molar-refractivity contribution in [3.05, 3.63) is 47.8 Å². The van der Waals surface area contributed by atoms with Gasteiger partial charge in [-0.05, 0) is 41.6 Å². The second-order valence-corrected chi connectivity index (χ2v) is 8.25. The number of carbonyl (C=O) groups is 2. The number of amides is 2. The number of thiophene rings is 1. The molecule has 2 fully saturated rings. The van der Waals surface area contributed by atoms with Crippen molar-refractivity contribution in [3.8, 4) is 10.7 Å². The Morgan fingerprint density at radius 2 is 1.79 bits per heavy atom. The minimum absolute atomic E-state index is 0.126. The van der Waals surface area contributed by atoms with Crippen molar-refractivity contribution in [2.75, 3.05) is 18.0 Å². The summed E-state index contributed by atoms with van der Waals surface area (Å²) in [6.07, 6.45) is 1.88. The summed E-state index contributed by atoms with van der Waals surface area (Å²) < 4.78 is 0. The average molecular weight is 408 g/mol. The monoisotopic (exact) mass is 408 g/mol. The van der Waals surface area contributed by atoms with Crippen LogP contribution in [0.15, 0.2) is 47.8 Å². The van der Waals surface area contributed by atoms with E-state index in [0.29, 0.717) is 11.5 Å². The normalized spacial score (nSPS) is 21.2. The van der Waals surface area contributed by atoms with E-state index in [4.69, 9.17) is 0 Å². The van der Waals surface area contributed by atoms with Gasteiger partial charge in [-0.1, -0.05) is 24.3 Å². The van der Waals surface area contributed by atoms with E-state index < -0.39 is 0 Å². The first-order chi connectivity index (χ1) is 14.2. The summed E-state index contributed by atoms with van der Waals surface area (Å²) in [5, 5.41) is 14.9. The Morgan fingerprint density at radius 3 is 2.52 bits per heavy atom. The Balaban J connectivity index is 1.24. The van der Waals surface area contributed by atoms with E-state index in [1.165, 1.54) is 4.90 Å². The van der Waals surface area contributed by atoms with Gasteiger partial charge in [0, 0.05) is 13.1 Å². The lowest BCUT2D eigenvalue weighted by atomic mass is 10.0. The summed E-state index contributed by atoms with van der Waals surface area (Å²) in [7, 11) is 0. The van der Waals surface area contributed by atoms with Gasteiger partial charge in [0.1, 0.15) is 0 Å². The Kier molecular flexibility index (Phi) is 4.69. The van der Waals surface area contributed by atoms with Crippen LogP contribution < -0.4 is 4.90 Å². The summed E-state index contributed by atoms with van der Waals surface area (Å²) >= 11 is 1.59. The SMILES string of the molecule is O=C1C[C@H](N2CCC(n3nnc(-c4cccs4)n3)CC2)C(=O)N1c1ccccc1. The van der Waals surface area contributed by atoms with Gasteiger partial charge in [-0.2, -0.15) is 4.80 Å². The van der Waals surface area contributed by atoms with Crippen LogP contribution in [0.3, 0.4) is 0 Å². The van der Waals surface area contributed by atoms with Gasteiger partial charge in [0.25, 0.3) is 5.91 Å². The van der Waals surface area contributed by atoms with Crippen LogP contribution in [-0.2, 0) is 9.59 Å². The van der Waals surface area contributed by atoms with Crippen LogP contribution in [-0.4, -0.2) is 56.1 Å². The number of anilines is 1. The third-order valence-electron chi connectivity index (χ3n) is 5.57. The molecule has 9 heteroatoms. The van der Waals surface area contributed by atoms with Crippen LogP contribution in [0.25, 0.3) is 10.7 Å². The second kappa shape index (κ2) is 7.49. The zero-order valence-corrected chi connectivity index (χ0v) is 16.5. The van der Waals surface area contributed by atoms with Gasteiger partial charge in [0.05, 0.1) is 29.1 Å². The lowest BCUT2D eigenvalue weighted by molar-refractivity contribution is -0.123. The van der Waals surface area contributed by atoms with Crippen LogP contribution in [0.1, 0.15) is 25.3 Å². The zero-order chi connectivity index (χ0) is 19.8. The molecule has 0 aliphatic carbocycles. The summed E-state index contributed by atoms with van der Waals surface area (Å²) in [5.74, 6) is 0.392. The molecule has 0 unspecified atom stereocenters. The summed E-state index contributed by atoms with van der Waals surface area (Å²) in [6, 6.07) is 12.9. The molecular formula is C20H20N6O2S. The maximum atomic E-state index is 12.9. The van der Waals surface area contributed by atoms with Gasteiger partial charge in [-0.3, -0.25) is 14.5 Å². The molecule has 2 aromatic heterocycles. The Labute approximate surface area is 171 Å². The summed E-state index contributed by atoms with van der Waals surface area (Å²) in [6.45, 7) is 1.46. The standard InChI is InChI=1S/C20H20N6O2S/c27-18-13-16(20(28)25(18)14-5-2-1-3-6-14)24-10-8-15(9-11-24)26-22-19(21-23-26)17-7-4-12-29-17/h1-7,12,15-16H,8-11,13H2/t16-/m0/s1. The lowest BCUT2D eigenvalue weighted by Crippen LogP contribution is -2.46. The highest BCUT2D eigenvalue weighted by atomic mass is 32.1. The predicted octanol–water partition coefficient (Wildman–Crippen LogP) is 2.37. The number of hydrogen-bond acceptors (Lipinski definition) is 7. The van der Waals surface area contributed by atoms with Crippen molar-refractivity contribution in [3.63, 3.8) is 0 Å². The molecule has 2 amide bonds. The molecule has 1 atom stereocenters. The predicted molar refractivity (Wildman–Crippen MR) is 108 cm³/mol. The first kappa shape index (κ1) is 18.1. The smallest absolute Gasteiger partial charge is 0.251 e. The van der Waals surface area contributed by atoms with E-state index in [2.05, 4.69) is 20.3 Å². The largest absolute Gasteiger partial charge is 0.291 e. The van der Waals surface area contributed by atoms with Crippen molar-refractivity contribution in [2.24, 2.45) is 0 Å². The topological polar surface area (TPSA) is 84.2 Å². The van der Waals surface area contributed by atoms with Gasteiger partial charge in [-0.15, -0.1) is 21.5 Å². The highest BCUT2D eigenvalue weighted by Crippen LogP contribution is 2.30. The highest BCUT2D eigenvalue weighted by molar-refractivity contribution is 7.13. The summed E-state index contributed by atoms with van der Waals surface area (Å²) in [4.78, 5) is 31.6. The second-order valence-electron chi connectivity index (χ2n) is 7.30. The fraction of sp³-hybridized carbons (Fsp3) is 0.350. The van der Waals surface area contributed by atoms with Crippen molar-refractivity contribution < 1.29 is 9.59 Å². The number of imide groups is 1. The molecule has 1 aromatic carbocycles. The van der Waals surface area contributed by atoms with Crippen LogP contribution in [0, 0.1) is 0 Å². The first-order valence-corrected chi connectivity index (χ1v) is 10.6. The fourth-order valence-electron chi connectivity index (χ4n) is 4.06. The fourth-order valence-corrected chi connectivity index (χ4v) is 4.71. The van der Waals surface area contributed by atoms with E-state index in [1.54, 1.807) is 28.3 Å². The van der Waals surface area contributed by atoms with Gasteiger partial charge in [0.2, 0.25) is 11.7 Å². The van der Waals surface area contributed by atoms with Crippen molar-refractivity contribution in [2.45, 2.75) is 31.3 Å². The van der Waals surface area contributed by atoms with Crippen LogP contribution in [0.5, 0.6) is 0 Å². The molecule has 8 nitrogen and oxygen atoms in total. The zero-order valence-electron chi connectivity index (χ0n) is 15.7. The molecule has 29 heavy (non-hydrogen) atoms. The van der Waals surface area contributed by atoms with Gasteiger partial charge in [0.15, 0.2) is 0 Å². The Hall–Kier alpha value is -2.91. The minimum Gasteiger partial charge on any atom is -0.291 e. The lowest BCUT2D eigenvalue weighted by Gasteiger charge is -2.34. The van der Waals surface area contributed by atoms with Gasteiger partial charge >= 0.3 is 0 Å². The number of piperidine rings is 1. The number of carbonyl (C=O) groups excluding carboxylic acids is 2. The van der Waals surface area contributed by atoms with Crippen LogP contribution in [0.4, 0.5) is 5.69 Å². The summed E-state index contributed by atoms with van der Waals surface area (Å²) in [5.41, 5.74) is 0.646. The quantitative estimate of drug-likeness (QED) is 0.616. The third-order valence-corrected chi connectivity index (χ3v) is 6.44. The highest BCUT2D eigenvalue weighted by Gasteiger charge is 2.43. The van der Waals surface area contributed by atoms with Crippen LogP contribution in [0.2, 0.25) is 0 Å². The van der Waals surface area contributed by atoms with Crippen molar-refractivity contribution >= 4 is 28.8 Å². The van der Waals surface area contributed by atoms with E-state index in [1.807, 2.05) is 35.7 Å². The van der Waals surface area contributed by atoms with E-state index in [0.717, 1.165) is 30.8 Å². The van der Waals surface area contributed by atoms with E-state index in [9.17, 15) is 9.59 Å². The maximum absolute atomic E-state index is 12.9. The average Bonchev–Trinajstić information content (AvgIpc) is 3.49. The first-order valence-electron chi connectivity index (χ1n) is 9.70. The molecule has 0 N–H and O–H groups in total. The number of hydrogen-bond donors (Lipinski definition) is 0. The van der Waals surface area contributed by atoms with Gasteiger partial charge < -0.3 is 0 Å². The molecule has 2 aliphatic rings. The maximum Gasteiger partial charge on any atom is 0.251 e. The van der Waals surface area contributed by atoms with Crippen molar-refractivity contribution in [1.29, 1.82) is 0 Å². The number of para-hydroxylation sites is 1. The van der Waals surface area contributed by atoms with Crippen molar-refractivity contribution in [1.82, 2.24) is 25.1 Å². The van der Waals surface area contributed by atoms with Gasteiger partial charge in [-0.25, -0.2) is 4.90 Å². The molecule has 3 aromatic rings. The molecule has 0 spiro atoms. The molecular weight excluding hydrogens is 388 g/mol. The third kappa shape index (κ3) is 3.36. The Bertz CT molecular complexity index is 1010. The molecule has 0 radical (unpaired) electrons. The number of benzene rings is 1. The number of nitrogens with zero attached hydrogens (tertiary/aromatic N) is 6. The Morgan fingerprint density at radius 1 is 1.00 bits per heavy atom. The molecule has 2 aliphatic heterocycles. The molecule has 0 bridgehead atoms. The van der Waals surface area contributed by atoms with E-state index >= 15 is 0 Å². The molecule has 2 saturated heterocycles. The molecule has 0 saturated carbocycles. The van der Waals surface area contributed by atoms with Crippen LogP contribution >= 0.6 is 11.3 Å². The minimum atomic E-state index is -0.381. The number of aromatic nitrogens is 4. The molecule has 4 heterocycles. The molecule has 5 rings (SSSR count). The number of tetrazole rings is 1.